The lowest BCUT2D eigenvalue weighted by Gasteiger charge is -2.20. The molecule has 1 N–H and O–H groups in total. The fraction of sp³-hybridized carbons (Fsp3) is 0.529. The fourth-order valence-corrected chi connectivity index (χ4v) is 3.76. The Kier molecular flexibility index (Phi) is 4.23. The first kappa shape index (κ1) is 14.1. The number of amides is 1. The molecule has 2 bridgehead atoms. The third-order valence-corrected chi connectivity index (χ3v) is 4.74. The number of fused-ring (bicyclic) bond motifs is 2. The number of benzene rings is 1. The summed E-state index contributed by atoms with van der Waals surface area (Å²) >= 11 is 0. The fourth-order valence-electron chi connectivity index (χ4n) is 3.76. The summed E-state index contributed by atoms with van der Waals surface area (Å²) in [5.41, 5.74) is 0.714. The molecule has 0 unspecified atom stereocenters. The summed E-state index contributed by atoms with van der Waals surface area (Å²) in [4.78, 5) is 23.5. The monoisotopic (exact) mass is 287 g/mol. The van der Waals surface area contributed by atoms with Crippen LogP contribution in [0.2, 0.25) is 0 Å². The van der Waals surface area contributed by atoms with Gasteiger partial charge in [0, 0.05) is 12.1 Å². The van der Waals surface area contributed by atoms with Crippen LogP contribution >= 0.6 is 0 Å². The summed E-state index contributed by atoms with van der Waals surface area (Å²) in [6, 6.07) is 9.17. The average Bonchev–Trinajstić information content (AvgIpc) is 3.09. The zero-order chi connectivity index (χ0) is 14.7. The van der Waals surface area contributed by atoms with Crippen molar-refractivity contribution in [2.24, 2.45) is 17.8 Å². The van der Waals surface area contributed by atoms with Crippen molar-refractivity contribution >= 4 is 17.6 Å². The maximum Gasteiger partial charge on any atom is 0.306 e. The molecule has 0 saturated heterocycles. The van der Waals surface area contributed by atoms with Crippen molar-refractivity contribution in [1.82, 2.24) is 0 Å². The molecule has 2 saturated carbocycles. The molecule has 0 aromatic heterocycles. The number of carbonyl (C=O) groups excluding carboxylic acids is 2. The lowest BCUT2D eigenvalue weighted by Crippen LogP contribution is -2.23. The number of hydrogen-bond acceptors (Lipinski definition) is 3. The normalized spacial score (nSPS) is 26.6. The van der Waals surface area contributed by atoms with Crippen LogP contribution in [0.3, 0.4) is 0 Å². The molecule has 3 rings (SSSR count). The first-order chi connectivity index (χ1) is 10.2. The smallest absolute Gasteiger partial charge is 0.306 e. The number of para-hydroxylation sites is 1. The quantitative estimate of drug-likeness (QED) is 0.847. The number of rotatable bonds is 5. The minimum Gasteiger partial charge on any atom is -0.456 e. The van der Waals surface area contributed by atoms with Gasteiger partial charge in [0.25, 0.3) is 5.91 Å². The van der Waals surface area contributed by atoms with Crippen LogP contribution in [0, 0.1) is 17.8 Å². The number of esters is 1. The standard InChI is InChI=1S/C17H21NO3/c19-16(18-15-4-2-1-3-5-15)11-21-17(20)10-14-9-12-6-7-13(14)8-12/h1-5,12-14H,6-11H2,(H,18,19)/t12-,13+,14-/m0/s1. The van der Waals surface area contributed by atoms with E-state index in [0.717, 1.165) is 12.3 Å². The average molecular weight is 287 g/mol. The Bertz CT molecular complexity index is 514. The van der Waals surface area contributed by atoms with Crippen molar-refractivity contribution in [3.63, 3.8) is 0 Å². The lowest BCUT2D eigenvalue weighted by molar-refractivity contribution is -0.148. The highest BCUT2D eigenvalue weighted by molar-refractivity contribution is 5.92. The van der Waals surface area contributed by atoms with Crippen LogP contribution in [-0.4, -0.2) is 18.5 Å². The molecule has 4 nitrogen and oxygen atoms in total. The van der Waals surface area contributed by atoms with Crippen molar-refractivity contribution in [3.8, 4) is 0 Å². The van der Waals surface area contributed by atoms with E-state index in [1.54, 1.807) is 12.1 Å². The largest absolute Gasteiger partial charge is 0.456 e. The number of carbonyl (C=O) groups is 2. The van der Waals surface area contributed by atoms with Gasteiger partial charge in [-0.25, -0.2) is 0 Å². The number of hydrogen-bond donors (Lipinski definition) is 1. The third-order valence-electron chi connectivity index (χ3n) is 4.74. The summed E-state index contributed by atoms with van der Waals surface area (Å²) < 4.78 is 5.09. The molecule has 1 amide bonds. The molecule has 1 aromatic rings. The molecule has 0 spiro atoms. The molecule has 2 aliphatic rings. The Labute approximate surface area is 124 Å². The van der Waals surface area contributed by atoms with Gasteiger partial charge < -0.3 is 10.1 Å². The van der Waals surface area contributed by atoms with E-state index in [0.29, 0.717) is 23.9 Å². The Morgan fingerprint density at radius 3 is 2.62 bits per heavy atom. The van der Waals surface area contributed by atoms with Gasteiger partial charge >= 0.3 is 5.97 Å². The Hall–Kier alpha value is -1.84. The van der Waals surface area contributed by atoms with Crippen LogP contribution in [0.15, 0.2) is 30.3 Å². The Morgan fingerprint density at radius 1 is 1.14 bits per heavy atom. The summed E-state index contributed by atoms with van der Waals surface area (Å²) in [5.74, 6) is 1.49. The molecule has 112 valence electrons. The van der Waals surface area contributed by atoms with Crippen molar-refractivity contribution in [2.45, 2.75) is 32.1 Å². The van der Waals surface area contributed by atoms with E-state index in [1.165, 1.54) is 19.3 Å². The summed E-state index contributed by atoms with van der Waals surface area (Å²) in [6.07, 6.45) is 5.51. The molecule has 21 heavy (non-hydrogen) atoms. The van der Waals surface area contributed by atoms with Crippen molar-refractivity contribution in [3.05, 3.63) is 30.3 Å². The van der Waals surface area contributed by atoms with E-state index < -0.39 is 0 Å². The van der Waals surface area contributed by atoms with E-state index in [-0.39, 0.29) is 18.5 Å². The van der Waals surface area contributed by atoms with Crippen LogP contribution < -0.4 is 5.32 Å². The minimum atomic E-state index is -0.289. The van der Waals surface area contributed by atoms with Crippen LogP contribution in [-0.2, 0) is 14.3 Å². The topological polar surface area (TPSA) is 55.4 Å². The molecule has 1 aromatic carbocycles. The maximum absolute atomic E-state index is 11.8. The predicted molar refractivity (Wildman–Crippen MR) is 79.6 cm³/mol. The molecule has 3 atom stereocenters. The molecule has 4 heteroatoms. The highest BCUT2D eigenvalue weighted by Gasteiger charge is 2.40. The van der Waals surface area contributed by atoms with E-state index >= 15 is 0 Å². The molecule has 2 aliphatic carbocycles. The summed E-state index contributed by atoms with van der Waals surface area (Å²) in [6.45, 7) is -0.200. The Balaban J connectivity index is 1.38. The summed E-state index contributed by atoms with van der Waals surface area (Å²) in [5, 5.41) is 2.70. The molecule has 2 fully saturated rings. The highest BCUT2D eigenvalue weighted by Crippen LogP contribution is 2.49. The van der Waals surface area contributed by atoms with E-state index in [9.17, 15) is 9.59 Å². The SMILES string of the molecule is O=C(COC(=O)C[C@@H]1C[C@H]2CC[C@@H]1C2)Nc1ccccc1. The van der Waals surface area contributed by atoms with E-state index in [2.05, 4.69) is 5.32 Å². The zero-order valence-electron chi connectivity index (χ0n) is 12.1. The first-order valence-corrected chi connectivity index (χ1v) is 7.71. The van der Waals surface area contributed by atoms with E-state index in [1.807, 2.05) is 18.2 Å². The molecule has 0 heterocycles. The third kappa shape index (κ3) is 3.63. The number of anilines is 1. The second kappa shape index (κ2) is 6.29. The van der Waals surface area contributed by atoms with Crippen molar-refractivity contribution in [1.29, 1.82) is 0 Å². The van der Waals surface area contributed by atoms with Crippen LogP contribution in [0.4, 0.5) is 5.69 Å². The molecule has 0 aliphatic heterocycles. The number of nitrogens with one attached hydrogen (secondary N) is 1. The molecular weight excluding hydrogens is 266 g/mol. The predicted octanol–water partition coefficient (Wildman–Crippen LogP) is 2.99. The number of ether oxygens (including phenoxy) is 1. The van der Waals surface area contributed by atoms with Gasteiger partial charge in [0.15, 0.2) is 6.61 Å². The van der Waals surface area contributed by atoms with Crippen LogP contribution in [0.5, 0.6) is 0 Å². The van der Waals surface area contributed by atoms with Gasteiger partial charge in [-0.2, -0.15) is 0 Å². The van der Waals surface area contributed by atoms with Gasteiger partial charge in [-0.15, -0.1) is 0 Å². The first-order valence-electron chi connectivity index (χ1n) is 7.71. The lowest BCUT2D eigenvalue weighted by atomic mass is 9.86. The van der Waals surface area contributed by atoms with Crippen LogP contribution in [0.25, 0.3) is 0 Å². The van der Waals surface area contributed by atoms with Crippen molar-refractivity contribution < 1.29 is 14.3 Å². The highest BCUT2D eigenvalue weighted by atomic mass is 16.5. The molecular formula is C17H21NO3. The Morgan fingerprint density at radius 2 is 1.95 bits per heavy atom. The zero-order valence-corrected chi connectivity index (χ0v) is 12.1. The summed E-state index contributed by atoms with van der Waals surface area (Å²) in [7, 11) is 0. The van der Waals surface area contributed by atoms with Gasteiger partial charge in [-0.05, 0) is 49.1 Å². The minimum absolute atomic E-state index is 0.200. The van der Waals surface area contributed by atoms with Gasteiger partial charge in [0.1, 0.15) is 0 Å². The van der Waals surface area contributed by atoms with Gasteiger partial charge in [0.05, 0.1) is 0 Å². The second-order valence-electron chi connectivity index (χ2n) is 6.21. The second-order valence-corrected chi connectivity index (χ2v) is 6.21. The van der Waals surface area contributed by atoms with Crippen molar-refractivity contribution in [2.75, 3.05) is 11.9 Å². The van der Waals surface area contributed by atoms with Gasteiger partial charge in [-0.1, -0.05) is 24.6 Å². The molecule has 0 radical (unpaired) electrons. The van der Waals surface area contributed by atoms with Gasteiger partial charge in [0.2, 0.25) is 0 Å². The van der Waals surface area contributed by atoms with E-state index in [4.69, 9.17) is 4.74 Å². The van der Waals surface area contributed by atoms with Gasteiger partial charge in [-0.3, -0.25) is 9.59 Å². The van der Waals surface area contributed by atoms with Crippen LogP contribution in [0.1, 0.15) is 32.1 Å². The maximum atomic E-state index is 11.8.